The molecular weight excluding hydrogens is 352 g/mol. The number of aromatic nitrogens is 2. The van der Waals surface area contributed by atoms with Crippen LogP contribution in [0.4, 0.5) is 16.3 Å². The van der Waals surface area contributed by atoms with Gasteiger partial charge in [0.15, 0.2) is 0 Å². The number of nitrogens with one attached hydrogen (secondary N) is 2. The minimum absolute atomic E-state index is 0.343. The molecule has 0 atom stereocenters. The van der Waals surface area contributed by atoms with Crippen LogP contribution < -0.4 is 15.4 Å². The lowest BCUT2D eigenvalue weighted by Crippen LogP contribution is -2.20. The van der Waals surface area contributed by atoms with Gasteiger partial charge in [-0.15, -0.1) is 0 Å². The molecule has 6 nitrogen and oxygen atoms in total. The van der Waals surface area contributed by atoms with Crippen molar-refractivity contribution in [1.29, 1.82) is 0 Å². The lowest BCUT2D eigenvalue weighted by atomic mass is 10.1. The molecule has 4 aromatic rings. The lowest BCUT2D eigenvalue weighted by molar-refractivity contribution is 0.262. The Morgan fingerprint density at radius 2 is 1.75 bits per heavy atom. The van der Waals surface area contributed by atoms with Crippen LogP contribution in [0.25, 0.3) is 16.9 Å². The summed E-state index contributed by atoms with van der Waals surface area (Å²) in [4.78, 5) is 17.4. The number of fused-ring (bicyclic) bond motifs is 1. The molecule has 2 N–H and O–H groups in total. The predicted octanol–water partition coefficient (Wildman–Crippen LogP) is 4.96. The Kier molecular flexibility index (Phi) is 4.68. The van der Waals surface area contributed by atoms with E-state index in [2.05, 4.69) is 10.6 Å². The fraction of sp³-hybridized carbons (Fsp3) is 0.0909. The first kappa shape index (κ1) is 17.6. The van der Waals surface area contributed by atoms with Gasteiger partial charge in [-0.25, -0.2) is 9.78 Å². The molecule has 0 saturated heterocycles. The zero-order valence-corrected chi connectivity index (χ0v) is 15.6. The van der Waals surface area contributed by atoms with Gasteiger partial charge in [-0.2, -0.15) is 0 Å². The van der Waals surface area contributed by atoms with Crippen molar-refractivity contribution in [3.05, 3.63) is 78.5 Å². The number of rotatable bonds is 4. The van der Waals surface area contributed by atoms with E-state index < -0.39 is 0 Å². The van der Waals surface area contributed by atoms with E-state index in [0.29, 0.717) is 11.5 Å². The average molecular weight is 372 g/mol. The summed E-state index contributed by atoms with van der Waals surface area (Å²) in [5, 5.41) is 5.79. The maximum absolute atomic E-state index is 12.6. The van der Waals surface area contributed by atoms with Gasteiger partial charge < -0.3 is 10.1 Å². The molecule has 0 bridgehead atoms. The minimum Gasteiger partial charge on any atom is -0.497 e. The van der Waals surface area contributed by atoms with Crippen LogP contribution in [-0.4, -0.2) is 22.5 Å². The van der Waals surface area contributed by atoms with E-state index in [9.17, 15) is 4.79 Å². The van der Waals surface area contributed by atoms with Gasteiger partial charge in [-0.3, -0.25) is 9.72 Å². The third-order valence-electron chi connectivity index (χ3n) is 4.41. The Morgan fingerprint density at radius 1 is 1.00 bits per heavy atom. The van der Waals surface area contributed by atoms with Crippen molar-refractivity contribution in [1.82, 2.24) is 9.38 Å². The number of carbonyl (C=O) groups is 1. The summed E-state index contributed by atoms with van der Waals surface area (Å²) >= 11 is 0. The lowest BCUT2D eigenvalue weighted by Gasteiger charge is -2.10. The van der Waals surface area contributed by atoms with Crippen molar-refractivity contribution in [3.63, 3.8) is 0 Å². The van der Waals surface area contributed by atoms with E-state index in [-0.39, 0.29) is 6.03 Å². The summed E-state index contributed by atoms with van der Waals surface area (Å²) in [6.45, 7) is 2.01. The number of hydrogen-bond donors (Lipinski definition) is 2. The molecule has 2 aromatic heterocycles. The molecule has 0 aliphatic heterocycles. The third-order valence-corrected chi connectivity index (χ3v) is 4.41. The molecule has 4 rings (SSSR count). The first-order valence-electron chi connectivity index (χ1n) is 8.90. The summed E-state index contributed by atoms with van der Waals surface area (Å²) in [5.41, 5.74) is 4.20. The highest BCUT2D eigenvalue weighted by Crippen LogP contribution is 2.29. The highest BCUT2D eigenvalue weighted by atomic mass is 16.5. The van der Waals surface area contributed by atoms with Gasteiger partial charge in [0.25, 0.3) is 0 Å². The second-order valence-corrected chi connectivity index (χ2v) is 6.41. The third kappa shape index (κ3) is 3.53. The van der Waals surface area contributed by atoms with Gasteiger partial charge in [0.05, 0.1) is 7.11 Å². The fourth-order valence-electron chi connectivity index (χ4n) is 3.01. The van der Waals surface area contributed by atoms with Crippen LogP contribution in [0, 0.1) is 6.92 Å². The summed E-state index contributed by atoms with van der Waals surface area (Å²) in [6.07, 6.45) is 1.91. The Bertz CT molecular complexity index is 1120. The summed E-state index contributed by atoms with van der Waals surface area (Å²) in [5.74, 6) is 1.35. The number of carbonyl (C=O) groups excluding carboxylic acids is 1. The number of benzene rings is 2. The Labute approximate surface area is 162 Å². The van der Waals surface area contributed by atoms with Crippen LogP contribution in [0.15, 0.2) is 72.9 Å². The van der Waals surface area contributed by atoms with Crippen LogP contribution in [0.1, 0.15) is 5.56 Å². The number of methoxy groups -OCH3 is 1. The van der Waals surface area contributed by atoms with Crippen LogP contribution in [0.2, 0.25) is 0 Å². The maximum atomic E-state index is 12.6. The Hall–Kier alpha value is -3.80. The molecule has 2 amide bonds. The molecule has 0 fully saturated rings. The number of imidazole rings is 1. The van der Waals surface area contributed by atoms with Gasteiger partial charge in [-0.05, 0) is 48.9 Å². The van der Waals surface area contributed by atoms with Crippen molar-refractivity contribution >= 4 is 23.2 Å². The number of anilines is 2. The van der Waals surface area contributed by atoms with E-state index in [0.717, 1.165) is 28.2 Å². The highest BCUT2D eigenvalue weighted by molar-refractivity contribution is 6.01. The van der Waals surface area contributed by atoms with E-state index in [1.165, 1.54) is 0 Å². The van der Waals surface area contributed by atoms with Gasteiger partial charge in [-0.1, -0.05) is 30.3 Å². The predicted molar refractivity (Wildman–Crippen MR) is 111 cm³/mol. The number of nitrogens with zero attached hydrogens (tertiary/aromatic N) is 2. The molecule has 0 radical (unpaired) electrons. The number of pyridine rings is 1. The SMILES string of the molecule is COc1ccc(NC(=O)Nc2c(-c3ccccc3)nc3cc(C)ccn23)cc1. The summed E-state index contributed by atoms with van der Waals surface area (Å²) in [6, 6.07) is 20.6. The molecule has 28 heavy (non-hydrogen) atoms. The van der Waals surface area contributed by atoms with Crippen molar-refractivity contribution in [2.24, 2.45) is 0 Å². The average Bonchev–Trinajstić information content (AvgIpc) is 3.06. The standard InChI is InChI=1S/C22H20N4O2/c1-15-12-13-26-19(14-15)24-20(16-6-4-3-5-7-16)21(26)25-22(27)23-17-8-10-18(28-2)11-9-17/h3-14H,1-2H3,(H2,23,25,27). The molecule has 6 heteroatoms. The summed E-state index contributed by atoms with van der Waals surface area (Å²) < 4.78 is 7.02. The van der Waals surface area contributed by atoms with E-state index in [4.69, 9.17) is 9.72 Å². The Morgan fingerprint density at radius 3 is 2.46 bits per heavy atom. The second kappa shape index (κ2) is 7.44. The van der Waals surface area contributed by atoms with Crippen molar-refractivity contribution < 1.29 is 9.53 Å². The molecule has 0 spiro atoms. The molecule has 140 valence electrons. The van der Waals surface area contributed by atoms with Gasteiger partial charge in [0, 0.05) is 17.4 Å². The number of urea groups is 1. The number of hydrogen-bond acceptors (Lipinski definition) is 3. The van der Waals surface area contributed by atoms with Crippen molar-refractivity contribution in [3.8, 4) is 17.0 Å². The van der Waals surface area contributed by atoms with Crippen LogP contribution in [0.3, 0.4) is 0 Å². The first-order valence-corrected chi connectivity index (χ1v) is 8.90. The largest absolute Gasteiger partial charge is 0.497 e. The van der Waals surface area contributed by atoms with Gasteiger partial charge in [0.1, 0.15) is 22.9 Å². The smallest absolute Gasteiger partial charge is 0.324 e. The molecule has 0 saturated carbocycles. The number of amides is 2. The molecule has 2 aromatic carbocycles. The van der Waals surface area contributed by atoms with Gasteiger partial charge >= 0.3 is 6.03 Å². The zero-order chi connectivity index (χ0) is 19.5. The van der Waals surface area contributed by atoms with E-state index >= 15 is 0 Å². The molecule has 2 heterocycles. The maximum Gasteiger partial charge on any atom is 0.324 e. The second-order valence-electron chi connectivity index (χ2n) is 6.41. The van der Waals surface area contributed by atoms with Crippen LogP contribution in [0.5, 0.6) is 5.75 Å². The fourth-order valence-corrected chi connectivity index (χ4v) is 3.01. The molecule has 0 aliphatic rings. The number of aryl methyl sites for hydroxylation is 1. The highest BCUT2D eigenvalue weighted by Gasteiger charge is 2.16. The van der Waals surface area contributed by atoms with Crippen molar-refractivity contribution in [2.75, 3.05) is 17.7 Å². The molecule has 0 unspecified atom stereocenters. The quantitative estimate of drug-likeness (QED) is 0.532. The number of ether oxygens (including phenoxy) is 1. The van der Waals surface area contributed by atoms with Crippen molar-refractivity contribution in [2.45, 2.75) is 6.92 Å². The molecular formula is C22H20N4O2. The monoisotopic (exact) mass is 372 g/mol. The first-order chi connectivity index (χ1) is 13.6. The molecule has 0 aliphatic carbocycles. The topological polar surface area (TPSA) is 67.7 Å². The van der Waals surface area contributed by atoms with Gasteiger partial charge in [0.2, 0.25) is 0 Å². The minimum atomic E-state index is -0.343. The van der Waals surface area contributed by atoms with E-state index in [1.54, 1.807) is 31.4 Å². The normalized spacial score (nSPS) is 10.6. The summed E-state index contributed by atoms with van der Waals surface area (Å²) in [7, 11) is 1.60. The van der Waals surface area contributed by atoms with Crippen LogP contribution in [-0.2, 0) is 0 Å². The Balaban J connectivity index is 1.67. The zero-order valence-electron chi connectivity index (χ0n) is 15.6. The van der Waals surface area contributed by atoms with E-state index in [1.807, 2.05) is 60.0 Å². The van der Waals surface area contributed by atoms with Crippen LogP contribution >= 0.6 is 0 Å².